The molecule has 0 aliphatic rings. The number of carbonyl (C=O) groups excluding carboxylic acids is 1. The molecule has 0 radical (unpaired) electrons. The summed E-state index contributed by atoms with van der Waals surface area (Å²) in [6.45, 7) is 6.45. The van der Waals surface area contributed by atoms with Crippen LogP contribution < -0.4 is 5.32 Å². The Kier molecular flexibility index (Phi) is 4.88. The van der Waals surface area contributed by atoms with Crippen molar-refractivity contribution in [2.45, 2.75) is 31.1 Å². The van der Waals surface area contributed by atoms with Crippen molar-refractivity contribution >= 4 is 33.5 Å². The number of carbonyl (C=O) groups is 1. The third-order valence-corrected chi connectivity index (χ3v) is 6.12. The molecule has 4 aromatic rings. The number of nitrogens with zero attached hydrogens (tertiary/aromatic N) is 1. The monoisotopic (exact) mass is 405 g/mol. The van der Waals surface area contributed by atoms with Crippen molar-refractivity contribution in [3.63, 3.8) is 0 Å². The minimum Gasteiger partial charge on any atom is -0.361 e. The van der Waals surface area contributed by atoms with E-state index in [0.29, 0.717) is 10.5 Å². The van der Waals surface area contributed by atoms with Crippen LogP contribution in [0.25, 0.3) is 10.9 Å². The highest BCUT2D eigenvalue weighted by Crippen LogP contribution is 2.24. The number of aromatic nitrogens is 2. The van der Waals surface area contributed by atoms with E-state index >= 15 is 0 Å². The van der Waals surface area contributed by atoms with E-state index in [9.17, 15) is 9.00 Å². The van der Waals surface area contributed by atoms with Gasteiger partial charge in [0.1, 0.15) is 0 Å². The van der Waals surface area contributed by atoms with Crippen LogP contribution in [-0.4, -0.2) is 19.1 Å². The number of hydrogen-bond acceptors (Lipinski definition) is 2. The number of aromatic amines is 1. The minimum atomic E-state index is -1.42. The Bertz CT molecular complexity index is 1200. The van der Waals surface area contributed by atoms with Gasteiger partial charge < -0.3 is 10.3 Å². The Hall–Kier alpha value is -3.12. The van der Waals surface area contributed by atoms with Gasteiger partial charge in [0.25, 0.3) is 5.91 Å². The second-order valence-corrected chi connectivity index (χ2v) is 9.41. The van der Waals surface area contributed by atoms with Crippen LogP contribution in [0.4, 0.5) is 5.69 Å². The van der Waals surface area contributed by atoms with Crippen molar-refractivity contribution in [2.75, 3.05) is 5.32 Å². The fourth-order valence-corrected chi connectivity index (χ4v) is 4.17. The number of anilines is 1. The summed E-state index contributed by atoms with van der Waals surface area (Å²) in [6.07, 6.45) is 5.12. The Morgan fingerprint density at radius 2 is 1.79 bits per heavy atom. The first-order chi connectivity index (χ1) is 13.8. The third-order valence-electron chi connectivity index (χ3n) is 4.86. The lowest BCUT2D eigenvalue weighted by Gasteiger charge is -2.19. The Morgan fingerprint density at radius 1 is 1.03 bits per heavy atom. The summed E-state index contributed by atoms with van der Waals surface area (Å²) in [5, 5.41) is 3.89. The molecule has 1 unspecified atom stereocenters. The molecular formula is C23H23N3O2S. The maximum atomic E-state index is 12.9. The maximum Gasteiger partial charge on any atom is 0.257 e. The summed E-state index contributed by atoms with van der Waals surface area (Å²) in [5.41, 5.74) is 3.45. The van der Waals surface area contributed by atoms with Crippen LogP contribution >= 0.6 is 0 Å². The number of amides is 1. The number of hydrogen-bond donors (Lipinski definition) is 2. The molecule has 0 aliphatic heterocycles. The van der Waals surface area contributed by atoms with E-state index < -0.39 is 11.0 Å². The van der Waals surface area contributed by atoms with E-state index in [0.717, 1.165) is 16.6 Å². The van der Waals surface area contributed by atoms with Crippen molar-refractivity contribution in [3.8, 4) is 0 Å². The quantitative estimate of drug-likeness (QED) is 0.497. The first kappa shape index (κ1) is 19.2. The van der Waals surface area contributed by atoms with E-state index in [1.807, 2.05) is 54.7 Å². The summed E-state index contributed by atoms with van der Waals surface area (Å²) in [7, 11) is -1.42. The van der Waals surface area contributed by atoms with Gasteiger partial charge >= 0.3 is 0 Å². The molecular weight excluding hydrogens is 382 g/mol. The van der Waals surface area contributed by atoms with Crippen molar-refractivity contribution in [2.24, 2.45) is 0 Å². The van der Waals surface area contributed by atoms with Crippen molar-refractivity contribution in [1.82, 2.24) is 8.96 Å². The topological polar surface area (TPSA) is 66.9 Å². The smallest absolute Gasteiger partial charge is 0.257 e. The molecule has 0 saturated carbocycles. The zero-order valence-corrected chi connectivity index (χ0v) is 17.4. The Labute approximate surface area is 172 Å². The van der Waals surface area contributed by atoms with Gasteiger partial charge in [-0.1, -0.05) is 32.9 Å². The van der Waals surface area contributed by atoms with Crippen LogP contribution in [0.3, 0.4) is 0 Å². The van der Waals surface area contributed by atoms with Gasteiger partial charge in [0.15, 0.2) is 11.0 Å². The van der Waals surface area contributed by atoms with Crippen LogP contribution in [0.15, 0.2) is 78.1 Å². The highest BCUT2D eigenvalue weighted by atomic mass is 32.2. The van der Waals surface area contributed by atoms with Gasteiger partial charge in [0.2, 0.25) is 0 Å². The average Bonchev–Trinajstić information content (AvgIpc) is 3.36. The van der Waals surface area contributed by atoms with Crippen LogP contribution in [0.1, 0.15) is 36.7 Å². The number of nitrogens with one attached hydrogen (secondary N) is 2. The summed E-state index contributed by atoms with van der Waals surface area (Å²) in [6, 6.07) is 17.1. The van der Waals surface area contributed by atoms with Gasteiger partial charge in [-0.25, -0.2) is 4.21 Å². The molecule has 2 heterocycles. The van der Waals surface area contributed by atoms with Crippen LogP contribution in [0.2, 0.25) is 0 Å². The average molecular weight is 406 g/mol. The molecule has 0 aliphatic carbocycles. The number of benzene rings is 2. The predicted molar refractivity (Wildman–Crippen MR) is 118 cm³/mol. The summed E-state index contributed by atoms with van der Waals surface area (Å²) in [5.74, 6) is -0.231. The first-order valence-corrected chi connectivity index (χ1v) is 10.5. The maximum absolute atomic E-state index is 12.9. The second-order valence-electron chi connectivity index (χ2n) is 8.02. The van der Waals surface area contributed by atoms with Crippen molar-refractivity contribution < 1.29 is 9.00 Å². The molecule has 0 fully saturated rings. The van der Waals surface area contributed by atoms with E-state index in [4.69, 9.17) is 0 Å². The molecule has 2 aromatic heterocycles. The van der Waals surface area contributed by atoms with Gasteiger partial charge in [-0.3, -0.25) is 8.77 Å². The summed E-state index contributed by atoms with van der Waals surface area (Å²) in [4.78, 5) is 16.4. The van der Waals surface area contributed by atoms with Crippen molar-refractivity contribution in [3.05, 3.63) is 84.3 Å². The number of fused-ring (bicyclic) bond motifs is 1. The lowest BCUT2D eigenvalue weighted by Crippen LogP contribution is -2.13. The Balaban J connectivity index is 1.49. The largest absolute Gasteiger partial charge is 0.361 e. The molecule has 1 amide bonds. The lowest BCUT2D eigenvalue weighted by molar-refractivity contribution is 0.102. The van der Waals surface area contributed by atoms with E-state index in [-0.39, 0.29) is 11.3 Å². The highest BCUT2D eigenvalue weighted by Gasteiger charge is 2.15. The fraction of sp³-hybridized carbons (Fsp3) is 0.174. The van der Waals surface area contributed by atoms with Gasteiger partial charge in [-0.15, -0.1) is 0 Å². The second kappa shape index (κ2) is 7.37. The standard InChI is InChI=1S/C23H23N3O2S/c1-23(2,3)18-4-6-19(7-5-18)25-22(27)17-11-13-26(15-17)29(28)20-8-9-21-16(14-20)10-12-24-21/h4-15,24H,1-3H3,(H,25,27). The van der Waals surface area contributed by atoms with E-state index in [2.05, 4.69) is 31.1 Å². The fourth-order valence-electron chi connectivity index (χ4n) is 3.13. The number of H-pyrrole nitrogens is 1. The molecule has 2 aromatic carbocycles. The highest BCUT2D eigenvalue weighted by molar-refractivity contribution is 7.83. The molecule has 5 nitrogen and oxygen atoms in total. The SMILES string of the molecule is CC(C)(C)c1ccc(NC(=O)c2ccn(S(=O)c3ccc4[nH]ccc4c3)c2)cc1. The van der Waals surface area contributed by atoms with Gasteiger partial charge in [-0.05, 0) is 53.4 Å². The summed E-state index contributed by atoms with van der Waals surface area (Å²) < 4.78 is 14.4. The summed E-state index contributed by atoms with van der Waals surface area (Å²) >= 11 is 0. The van der Waals surface area contributed by atoms with Crippen LogP contribution in [0, 0.1) is 0 Å². The van der Waals surface area contributed by atoms with E-state index in [1.54, 1.807) is 22.4 Å². The molecule has 1 atom stereocenters. The zero-order valence-electron chi connectivity index (χ0n) is 16.6. The molecule has 2 N–H and O–H groups in total. The number of rotatable bonds is 4. The van der Waals surface area contributed by atoms with Crippen LogP contribution in [0.5, 0.6) is 0 Å². The minimum absolute atomic E-state index is 0.0627. The van der Waals surface area contributed by atoms with Gasteiger partial charge in [0.05, 0.1) is 10.5 Å². The zero-order chi connectivity index (χ0) is 20.6. The van der Waals surface area contributed by atoms with Crippen LogP contribution in [-0.2, 0) is 16.4 Å². The van der Waals surface area contributed by atoms with Crippen molar-refractivity contribution in [1.29, 1.82) is 0 Å². The Morgan fingerprint density at radius 3 is 2.52 bits per heavy atom. The van der Waals surface area contributed by atoms with Gasteiger partial charge in [-0.2, -0.15) is 0 Å². The molecule has 148 valence electrons. The normalized spacial score (nSPS) is 12.8. The van der Waals surface area contributed by atoms with Gasteiger partial charge in [0, 0.05) is 35.2 Å². The lowest BCUT2D eigenvalue weighted by atomic mass is 9.87. The molecule has 0 saturated heterocycles. The molecule has 29 heavy (non-hydrogen) atoms. The first-order valence-electron chi connectivity index (χ1n) is 9.40. The molecule has 4 rings (SSSR count). The molecule has 6 heteroatoms. The predicted octanol–water partition coefficient (Wildman–Crippen LogP) is 5.09. The molecule has 0 bridgehead atoms. The molecule has 0 spiro atoms. The van der Waals surface area contributed by atoms with E-state index in [1.165, 1.54) is 5.56 Å². The third kappa shape index (κ3) is 4.03.